The molecule has 1 heterocycles. The highest BCUT2D eigenvalue weighted by molar-refractivity contribution is 6.04. The molecule has 0 bridgehead atoms. The molecule has 3 rings (SSSR count). The van der Waals surface area contributed by atoms with E-state index in [0.29, 0.717) is 29.2 Å². The fourth-order valence-corrected chi connectivity index (χ4v) is 2.60. The number of methoxy groups -OCH3 is 1. The van der Waals surface area contributed by atoms with Crippen LogP contribution in [-0.4, -0.2) is 30.6 Å². The third-order valence-electron chi connectivity index (χ3n) is 4.02. The van der Waals surface area contributed by atoms with Crippen LogP contribution < -0.4 is 15.4 Å². The second-order valence-corrected chi connectivity index (χ2v) is 6.04. The van der Waals surface area contributed by atoms with Gasteiger partial charge in [-0.2, -0.15) is 0 Å². The van der Waals surface area contributed by atoms with Gasteiger partial charge in [0.25, 0.3) is 5.91 Å². The molecule has 1 amide bonds. The van der Waals surface area contributed by atoms with Crippen LogP contribution in [0, 0.1) is 0 Å². The average molecular weight is 391 g/mol. The maximum atomic E-state index is 12.5. The monoisotopic (exact) mass is 391 g/mol. The van der Waals surface area contributed by atoms with Gasteiger partial charge >= 0.3 is 5.97 Å². The van der Waals surface area contributed by atoms with Crippen LogP contribution in [0.3, 0.4) is 0 Å². The molecular formula is C22H21N3O4. The van der Waals surface area contributed by atoms with Crippen molar-refractivity contribution in [2.75, 3.05) is 24.4 Å². The number of hydrogen-bond donors (Lipinski definition) is 2. The van der Waals surface area contributed by atoms with Gasteiger partial charge in [-0.1, -0.05) is 0 Å². The number of rotatable bonds is 7. The number of anilines is 3. The molecule has 29 heavy (non-hydrogen) atoms. The number of carbonyl (C=O) groups is 2. The Kier molecular flexibility index (Phi) is 6.42. The van der Waals surface area contributed by atoms with E-state index >= 15 is 0 Å². The summed E-state index contributed by atoms with van der Waals surface area (Å²) in [7, 11) is 1.34. The second kappa shape index (κ2) is 9.36. The number of nitrogens with zero attached hydrogens (tertiary/aromatic N) is 1. The summed E-state index contributed by atoms with van der Waals surface area (Å²) < 4.78 is 10.1. The minimum Gasteiger partial charge on any atom is -0.494 e. The zero-order chi connectivity index (χ0) is 20.6. The summed E-state index contributed by atoms with van der Waals surface area (Å²) in [6.07, 6.45) is 1.55. The van der Waals surface area contributed by atoms with E-state index in [0.717, 1.165) is 11.4 Å². The Morgan fingerprint density at radius 1 is 0.931 bits per heavy atom. The van der Waals surface area contributed by atoms with E-state index in [1.807, 2.05) is 6.92 Å². The number of aromatic nitrogens is 1. The molecule has 2 N–H and O–H groups in total. The quantitative estimate of drug-likeness (QED) is 0.585. The molecule has 0 aliphatic carbocycles. The summed E-state index contributed by atoms with van der Waals surface area (Å²) in [6.45, 7) is 2.50. The Bertz CT molecular complexity index is 986. The lowest BCUT2D eigenvalue weighted by molar-refractivity contribution is 0.0600. The predicted molar refractivity (Wildman–Crippen MR) is 111 cm³/mol. The lowest BCUT2D eigenvalue weighted by atomic mass is 10.2. The van der Waals surface area contributed by atoms with Gasteiger partial charge in [-0.3, -0.25) is 4.79 Å². The third kappa shape index (κ3) is 5.32. The number of benzene rings is 2. The summed E-state index contributed by atoms with van der Waals surface area (Å²) in [5.41, 5.74) is 2.31. The van der Waals surface area contributed by atoms with E-state index in [9.17, 15) is 9.59 Å². The van der Waals surface area contributed by atoms with Crippen LogP contribution in [0.4, 0.5) is 17.2 Å². The Morgan fingerprint density at radius 3 is 2.28 bits per heavy atom. The Morgan fingerprint density at radius 2 is 1.62 bits per heavy atom. The Hall–Kier alpha value is -3.87. The van der Waals surface area contributed by atoms with Crippen LogP contribution in [0.5, 0.6) is 5.75 Å². The molecule has 0 spiro atoms. The van der Waals surface area contributed by atoms with Crippen molar-refractivity contribution in [2.24, 2.45) is 0 Å². The smallest absolute Gasteiger partial charge is 0.337 e. The maximum Gasteiger partial charge on any atom is 0.337 e. The number of pyridine rings is 1. The zero-order valence-corrected chi connectivity index (χ0v) is 16.1. The van der Waals surface area contributed by atoms with E-state index in [1.54, 1.807) is 66.9 Å². The third-order valence-corrected chi connectivity index (χ3v) is 4.02. The van der Waals surface area contributed by atoms with E-state index in [2.05, 4.69) is 20.4 Å². The van der Waals surface area contributed by atoms with Crippen LogP contribution in [0.1, 0.15) is 27.6 Å². The summed E-state index contributed by atoms with van der Waals surface area (Å²) in [5.74, 6) is 0.609. The van der Waals surface area contributed by atoms with E-state index in [4.69, 9.17) is 4.74 Å². The van der Waals surface area contributed by atoms with Crippen molar-refractivity contribution in [1.29, 1.82) is 0 Å². The van der Waals surface area contributed by atoms with Crippen LogP contribution in [0.15, 0.2) is 66.9 Å². The SMILES string of the molecule is CCOc1ccc(NC(=O)c2ccnc(Nc3ccc(C(=O)OC)cc3)c2)cc1. The van der Waals surface area contributed by atoms with Crippen molar-refractivity contribution in [1.82, 2.24) is 4.98 Å². The van der Waals surface area contributed by atoms with E-state index in [-0.39, 0.29) is 5.91 Å². The van der Waals surface area contributed by atoms with Gasteiger partial charge < -0.3 is 20.1 Å². The summed E-state index contributed by atoms with van der Waals surface area (Å²) in [5, 5.41) is 5.95. The first-order chi connectivity index (χ1) is 14.1. The molecule has 148 valence electrons. The highest BCUT2D eigenvalue weighted by atomic mass is 16.5. The topological polar surface area (TPSA) is 89.5 Å². The van der Waals surface area contributed by atoms with E-state index in [1.165, 1.54) is 7.11 Å². The molecule has 0 saturated carbocycles. The summed E-state index contributed by atoms with van der Waals surface area (Å²) in [6, 6.07) is 17.2. The van der Waals surface area contributed by atoms with Crippen LogP contribution >= 0.6 is 0 Å². The molecule has 0 aliphatic rings. The zero-order valence-electron chi connectivity index (χ0n) is 16.1. The number of nitrogens with one attached hydrogen (secondary N) is 2. The molecule has 0 saturated heterocycles. The number of esters is 1. The molecule has 0 fully saturated rings. The molecule has 0 radical (unpaired) electrons. The lowest BCUT2D eigenvalue weighted by Crippen LogP contribution is -2.12. The van der Waals surface area contributed by atoms with Crippen molar-refractivity contribution in [3.8, 4) is 5.75 Å². The first-order valence-corrected chi connectivity index (χ1v) is 9.04. The largest absolute Gasteiger partial charge is 0.494 e. The molecule has 7 heteroatoms. The van der Waals surface area contributed by atoms with Gasteiger partial charge in [-0.05, 0) is 67.6 Å². The molecule has 3 aromatic rings. The lowest BCUT2D eigenvalue weighted by Gasteiger charge is -2.09. The standard InChI is InChI=1S/C22H21N3O4/c1-3-29-19-10-8-18(9-11-19)25-21(26)16-12-13-23-20(14-16)24-17-6-4-15(5-7-17)22(27)28-2/h4-14H,3H2,1-2H3,(H,23,24)(H,25,26). The fraction of sp³-hybridized carbons (Fsp3) is 0.136. The minimum absolute atomic E-state index is 0.249. The van der Waals surface area contributed by atoms with Gasteiger partial charge in [0, 0.05) is 23.1 Å². The molecule has 0 aliphatic heterocycles. The van der Waals surface area contributed by atoms with Gasteiger partial charge in [0.05, 0.1) is 19.3 Å². The predicted octanol–water partition coefficient (Wildman–Crippen LogP) is 4.26. The first kappa shape index (κ1) is 19.9. The van der Waals surface area contributed by atoms with Crippen LogP contribution in [0.2, 0.25) is 0 Å². The van der Waals surface area contributed by atoms with Gasteiger partial charge in [0.2, 0.25) is 0 Å². The van der Waals surface area contributed by atoms with Crippen LogP contribution in [-0.2, 0) is 4.74 Å². The van der Waals surface area contributed by atoms with Gasteiger partial charge in [-0.15, -0.1) is 0 Å². The molecule has 2 aromatic carbocycles. The second-order valence-electron chi connectivity index (χ2n) is 6.04. The van der Waals surface area contributed by atoms with Crippen molar-refractivity contribution >= 4 is 29.1 Å². The average Bonchev–Trinajstić information content (AvgIpc) is 2.75. The summed E-state index contributed by atoms with van der Waals surface area (Å²) in [4.78, 5) is 28.3. The number of ether oxygens (including phenoxy) is 2. The van der Waals surface area contributed by atoms with Gasteiger partial charge in [-0.25, -0.2) is 9.78 Å². The van der Waals surface area contributed by atoms with Crippen molar-refractivity contribution in [3.05, 3.63) is 78.0 Å². The summed E-state index contributed by atoms with van der Waals surface area (Å²) >= 11 is 0. The highest BCUT2D eigenvalue weighted by Gasteiger charge is 2.09. The molecule has 0 unspecified atom stereocenters. The van der Waals surface area contributed by atoms with E-state index < -0.39 is 5.97 Å². The maximum absolute atomic E-state index is 12.5. The highest BCUT2D eigenvalue weighted by Crippen LogP contribution is 2.19. The Labute approximate surface area is 168 Å². The van der Waals surface area contributed by atoms with Crippen molar-refractivity contribution < 1.29 is 19.1 Å². The van der Waals surface area contributed by atoms with Crippen molar-refractivity contribution in [3.63, 3.8) is 0 Å². The fourth-order valence-electron chi connectivity index (χ4n) is 2.60. The van der Waals surface area contributed by atoms with Gasteiger partial charge in [0.1, 0.15) is 11.6 Å². The number of amides is 1. The normalized spacial score (nSPS) is 10.1. The minimum atomic E-state index is -0.400. The number of carbonyl (C=O) groups excluding carboxylic acids is 2. The molecule has 0 atom stereocenters. The molecule has 1 aromatic heterocycles. The molecule has 7 nitrogen and oxygen atoms in total. The molecular weight excluding hydrogens is 370 g/mol. The van der Waals surface area contributed by atoms with Crippen molar-refractivity contribution in [2.45, 2.75) is 6.92 Å². The first-order valence-electron chi connectivity index (χ1n) is 9.04. The Balaban J connectivity index is 1.66. The van der Waals surface area contributed by atoms with Gasteiger partial charge in [0.15, 0.2) is 0 Å². The van der Waals surface area contributed by atoms with Crippen LogP contribution in [0.25, 0.3) is 0 Å². The number of hydrogen-bond acceptors (Lipinski definition) is 6.